The van der Waals surface area contributed by atoms with Crippen LogP contribution in [0.4, 0.5) is 0 Å². The van der Waals surface area contributed by atoms with E-state index in [-0.39, 0.29) is 12.2 Å². The lowest BCUT2D eigenvalue weighted by atomic mass is 10.4. The molecule has 3 N–H and O–H groups in total. The van der Waals surface area contributed by atoms with Crippen LogP contribution in [0.3, 0.4) is 0 Å². The standard InChI is InChI=1S/C12H17N3O2S2/c16-4-1-5-18-7-3-13-8-10-14-9-2-6-19-11(9)12(17)15-10/h2,6,13,16H,1,3-5,7-8H2,(H,14,15,17). The molecule has 2 rings (SSSR count). The van der Waals surface area contributed by atoms with Gasteiger partial charge in [0.15, 0.2) is 0 Å². The summed E-state index contributed by atoms with van der Waals surface area (Å²) >= 11 is 3.22. The van der Waals surface area contributed by atoms with E-state index >= 15 is 0 Å². The van der Waals surface area contributed by atoms with Crippen LogP contribution in [-0.4, -0.2) is 39.7 Å². The van der Waals surface area contributed by atoms with Crippen LogP contribution in [0.25, 0.3) is 10.2 Å². The van der Waals surface area contributed by atoms with Gasteiger partial charge >= 0.3 is 0 Å². The zero-order chi connectivity index (χ0) is 13.5. The Balaban J connectivity index is 1.77. The molecule has 19 heavy (non-hydrogen) atoms. The quantitative estimate of drug-likeness (QED) is 0.638. The highest BCUT2D eigenvalue weighted by Gasteiger charge is 2.04. The third-order valence-corrected chi connectivity index (χ3v) is 4.50. The number of aliphatic hydroxyl groups excluding tert-OH is 1. The maximum Gasteiger partial charge on any atom is 0.268 e. The molecule has 0 fully saturated rings. The Labute approximate surface area is 119 Å². The van der Waals surface area contributed by atoms with Gasteiger partial charge in [0.1, 0.15) is 10.5 Å². The average Bonchev–Trinajstić information content (AvgIpc) is 2.86. The van der Waals surface area contributed by atoms with E-state index in [0.29, 0.717) is 17.1 Å². The minimum atomic E-state index is -0.0610. The van der Waals surface area contributed by atoms with Crippen LogP contribution in [0.5, 0.6) is 0 Å². The van der Waals surface area contributed by atoms with Crippen LogP contribution in [-0.2, 0) is 6.54 Å². The second-order valence-electron chi connectivity index (χ2n) is 4.01. The molecule has 0 aliphatic carbocycles. The summed E-state index contributed by atoms with van der Waals surface area (Å²) in [6, 6.07) is 1.86. The number of hydrogen-bond donors (Lipinski definition) is 3. The van der Waals surface area contributed by atoms with Crippen LogP contribution in [0.15, 0.2) is 16.2 Å². The van der Waals surface area contributed by atoms with Crippen molar-refractivity contribution in [1.29, 1.82) is 0 Å². The van der Waals surface area contributed by atoms with Crippen molar-refractivity contribution in [3.05, 3.63) is 27.6 Å². The van der Waals surface area contributed by atoms with E-state index in [1.54, 1.807) is 11.8 Å². The number of H-pyrrole nitrogens is 1. The first kappa shape index (κ1) is 14.5. The molecule has 2 heterocycles. The van der Waals surface area contributed by atoms with Crippen molar-refractivity contribution < 1.29 is 5.11 Å². The number of nitrogens with zero attached hydrogens (tertiary/aromatic N) is 1. The Bertz CT molecular complexity index is 567. The Morgan fingerprint density at radius 2 is 2.37 bits per heavy atom. The molecule has 104 valence electrons. The lowest BCUT2D eigenvalue weighted by Gasteiger charge is -2.04. The van der Waals surface area contributed by atoms with Crippen molar-refractivity contribution in [1.82, 2.24) is 15.3 Å². The van der Waals surface area contributed by atoms with Gasteiger partial charge in [-0.2, -0.15) is 11.8 Å². The molecular formula is C12H17N3O2S2. The molecule has 0 unspecified atom stereocenters. The van der Waals surface area contributed by atoms with Gasteiger partial charge in [0.05, 0.1) is 12.1 Å². The third-order valence-electron chi connectivity index (χ3n) is 2.53. The smallest absolute Gasteiger partial charge is 0.268 e. The van der Waals surface area contributed by atoms with E-state index in [1.807, 2.05) is 11.4 Å². The van der Waals surface area contributed by atoms with Crippen LogP contribution in [0.1, 0.15) is 12.2 Å². The van der Waals surface area contributed by atoms with E-state index < -0.39 is 0 Å². The number of rotatable bonds is 8. The van der Waals surface area contributed by atoms with E-state index in [0.717, 1.165) is 30.0 Å². The van der Waals surface area contributed by atoms with Gasteiger partial charge in [0.2, 0.25) is 0 Å². The van der Waals surface area contributed by atoms with E-state index in [9.17, 15) is 4.79 Å². The van der Waals surface area contributed by atoms with Gasteiger partial charge in [-0.25, -0.2) is 4.98 Å². The maximum absolute atomic E-state index is 11.7. The van der Waals surface area contributed by atoms with Gasteiger partial charge < -0.3 is 15.4 Å². The molecule has 2 aromatic rings. The Hall–Kier alpha value is -0.890. The molecule has 5 nitrogen and oxygen atoms in total. The topological polar surface area (TPSA) is 78.0 Å². The van der Waals surface area contributed by atoms with Crippen molar-refractivity contribution in [2.75, 3.05) is 24.7 Å². The minimum absolute atomic E-state index is 0.0610. The Morgan fingerprint density at radius 1 is 1.47 bits per heavy atom. The van der Waals surface area contributed by atoms with Gasteiger partial charge in [-0.05, 0) is 23.6 Å². The lowest BCUT2D eigenvalue weighted by Crippen LogP contribution is -2.21. The van der Waals surface area contributed by atoms with Crippen molar-refractivity contribution in [2.45, 2.75) is 13.0 Å². The molecular weight excluding hydrogens is 282 g/mol. The van der Waals surface area contributed by atoms with Crippen LogP contribution >= 0.6 is 23.1 Å². The Kier molecular flexibility index (Phi) is 5.84. The van der Waals surface area contributed by atoms with E-state index in [4.69, 9.17) is 5.11 Å². The lowest BCUT2D eigenvalue weighted by molar-refractivity contribution is 0.296. The number of thiophene rings is 1. The zero-order valence-corrected chi connectivity index (χ0v) is 12.1. The Morgan fingerprint density at radius 3 is 3.21 bits per heavy atom. The summed E-state index contributed by atoms with van der Waals surface area (Å²) in [5, 5.41) is 13.8. The number of aromatic amines is 1. The first-order valence-corrected chi connectivity index (χ1v) is 8.20. The highest BCUT2D eigenvalue weighted by molar-refractivity contribution is 7.99. The molecule has 0 aliphatic rings. The highest BCUT2D eigenvalue weighted by atomic mass is 32.2. The fourth-order valence-electron chi connectivity index (χ4n) is 1.63. The fraction of sp³-hybridized carbons (Fsp3) is 0.500. The van der Waals surface area contributed by atoms with Crippen molar-refractivity contribution in [2.24, 2.45) is 0 Å². The number of thioether (sulfide) groups is 1. The minimum Gasteiger partial charge on any atom is -0.396 e. The first-order valence-electron chi connectivity index (χ1n) is 6.17. The molecule has 0 spiro atoms. The number of nitrogens with one attached hydrogen (secondary N) is 2. The maximum atomic E-state index is 11.7. The van der Waals surface area contributed by atoms with Crippen molar-refractivity contribution >= 4 is 33.3 Å². The molecule has 0 atom stereocenters. The largest absolute Gasteiger partial charge is 0.396 e. The number of aliphatic hydroxyl groups is 1. The summed E-state index contributed by atoms with van der Waals surface area (Å²) in [6.07, 6.45) is 0.842. The van der Waals surface area contributed by atoms with Gasteiger partial charge in [0, 0.05) is 18.9 Å². The van der Waals surface area contributed by atoms with Crippen molar-refractivity contribution in [3.63, 3.8) is 0 Å². The van der Waals surface area contributed by atoms with Crippen molar-refractivity contribution in [3.8, 4) is 0 Å². The van der Waals surface area contributed by atoms with Crippen LogP contribution in [0, 0.1) is 0 Å². The molecule has 0 radical (unpaired) electrons. The van der Waals surface area contributed by atoms with E-state index in [1.165, 1.54) is 11.3 Å². The molecule has 0 aromatic carbocycles. The normalized spacial score (nSPS) is 11.2. The first-order chi connectivity index (χ1) is 9.31. The summed E-state index contributed by atoms with van der Waals surface area (Å²) in [6.45, 7) is 1.69. The summed E-state index contributed by atoms with van der Waals surface area (Å²) in [4.78, 5) is 18.9. The predicted octanol–water partition coefficient (Wildman–Crippen LogP) is 1.19. The molecule has 2 aromatic heterocycles. The van der Waals surface area contributed by atoms with Gasteiger partial charge in [0.25, 0.3) is 5.56 Å². The number of aromatic nitrogens is 2. The average molecular weight is 299 g/mol. The molecule has 0 saturated carbocycles. The molecule has 0 saturated heterocycles. The van der Waals surface area contributed by atoms with E-state index in [2.05, 4.69) is 15.3 Å². The molecule has 7 heteroatoms. The fourth-order valence-corrected chi connectivity index (χ4v) is 3.18. The van der Waals surface area contributed by atoms with Crippen LogP contribution in [0.2, 0.25) is 0 Å². The van der Waals surface area contributed by atoms with Gasteiger partial charge in [-0.15, -0.1) is 11.3 Å². The second kappa shape index (κ2) is 7.64. The third kappa shape index (κ3) is 4.31. The SMILES string of the molecule is O=c1[nH]c(CNCCSCCCO)nc2ccsc12. The highest BCUT2D eigenvalue weighted by Crippen LogP contribution is 2.13. The summed E-state index contributed by atoms with van der Waals surface area (Å²) in [5.41, 5.74) is 0.706. The van der Waals surface area contributed by atoms with Gasteiger partial charge in [-0.3, -0.25) is 4.79 Å². The summed E-state index contributed by atoms with van der Waals surface area (Å²) in [5.74, 6) is 2.65. The molecule has 0 bridgehead atoms. The number of hydrogen-bond acceptors (Lipinski definition) is 6. The predicted molar refractivity (Wildman–Crippen MR) is 81.0 cm³/mol. The monoisotopic (exact) mass is 299 g/mol. The van der Waals surface area contributed by atoms with Crippen LogP contribution < -0.4 is 10.9 Å². The zero-order valence-electron chi connectivity index (χ0n) is 10.5. The molecule has 0 aliphatic heterocycles. The second-order valence-corrected chi connectivity index (χ2v) is 6.15. The summed E-state index contributed by atoms with van der Waals surface area (Å²) < 4.78 is 0.684. The number of fused-ring (bicyclic) bond motifs is 1. The summed E-state index contributed by atoms with van der Waals surface area (Å²) in [7, 11) is 0. The van der Waals surface area contributed by atoms with Gasteiger partial charge in [-0.1, -0.05) is 0 Å². The molecule has 0 amide bonds.